The molecule has 5 N–H and O–H groups in total. The molecule has 1 atom stereocenters. The standard InChI is InChI=1S/C26H31F3N4O8S2/c1-16-17(5-6-22(43(30,39)40)21(16)14-19(35)15-34)7-12-42(37,38)33-10-8-25(9-11-33)24(36)31-23(32-25)18-3-2-4-20(13-18)41-26(27,28)29/h2-6,13,19,34-35H,7-12,14-15H2,1H3,(H2,30,39,40)(H,31,32,36)/t19-/m1/s1. The van der Waals surface area contributed by atoms with Crippen LogP contribution < -0.4 is 15.2 Å². The summed E-state index contributed by atoms with van der Waals surface area (Å²) in [6, 6.07) is 7.70. The number of hydrogen-bond acceptors (Lipinski definition) is 9. The molecule has 43 heavy (non-hydrogen) atoms. The van der Waals surface area contributed by atoms with Crippen LogP contribution in [0.3, 0.4) is 0 Å². The number of sulfonamides is 2. The zero-order valence-corrected chi connectivity index (χ0v) is 24.6. The van der Waals surface area contributed by atoms with E-state index in [4.69, 9.17) is 5.14 Å². The highest BCUT2D eigenvalue weighted by Crippen LogP contribution is 2.33. The molecule has 2 aliphatic rings. The first kappa shape index (κ1) is 32.8. The number of ether oxygens (including phenoxy) is 1. The van der Waals surface area contributed by atoms with Gasteiger partial charge in [0.2, 0.25) is 20.0 Å². The topological polar surface area (TPSA) is 189 Å². The largest absolute Gasteiger partial charge is 0.573 e. The molecule has 0 bridgehead atoms. The van der Waals surface area contributed by atoms with Crippen molar-refractivity contribution in [3.05, 3.63) is 58.7 Å². The third kappa shape index (κ3) is 7.53. The zero-order valence-electron chi connectivity index (χ0n) is 23.0. The van der Waals surface area contributed by atoms with Crippen molar-refractivity contribution >= 4 is 31.8 Å². The first-order chi connectivity index (χ1) is 19.9. The van der Waals surface area contributed by atoms with E-state index in [9.17, 15) is 45.0 Å². The zero-order chi connectivity index (χ0) is 31.8. The number of aryl methyl sites for hydroxylation is 1. The molecular weight excluding hydrogens is 617 g/mol. The summed E-state index contributed by atoms with van der Waals surface area (Å²) in [5, 5.41) is 27.0. The Hall–Kier alpha value is -3.09. The van der Waals surface area contributed by atoms with E-state index in [2.05, 4.69) is 15.0 Å². The van der Waals surface area contributed by atoms with Gasteiger partial charge in [-0.25, -0.2) is 26.3 Å². The number of aliphatic hydroxyl groups excluding tert-OH is 2. The lowest BCUT2D eigenvalue weighted by molar-refractivity contribution is -0.274. The second kappa shape index (κ2) is 12.1. The fourth-order valence-electron chi connectivity index (χ4n) is 5.21. The van der Waals surface area contributed by atoms with Crippen LogP contribution in [0.5, 0.6) is 5.75 Å². The van der Waals surface area contributed by atoms with E-state index < -0.39 is 56.3 Å². The number of nitrogens with two attached hydrogens (primary N) is 1. The highest BCUT2D eigenvalue weighted by Gasteiger charge is 2.47. The van der Waals surface area contributed by atoms with Gasteiger partial charge in [-0.2, -0.15) is 0 Å². The number of alkyl halides is 3. The second-order valence-electron chi connectivity index (χ2n) is 10.4. The first-order valence-corrected chi connectivity index (χ1v) is 16.3. The van der Waals surface area contributed by atoms with Gasteiger partial charge in [0.15, 0.2) is 0 Å². The van der Waals surface area contributed by atoms with Gasteiger partial charge in [0.25, 0.3) is 5.91 Å². The minimum atomic E-state index is -4.89. The Morgan fingerprint density at radius 1 is 1.16 bits per heavy atom. The van der Waals surface area contributed by atoms with Crippen molar-refractivity contribution in [1.82, 2.24) is 9.62 Å². The number of amides is 1. The van der Waals surface area contributed by atoms with Crippen molar-refractivity contribution in [3.63, 3.8) is 0 Å². The minimum Gasteiger partial charge on any atom is -0.406 e. The molecule has 0 aromatic heterocycles. The molecule has 236 valence electrons. The number of piperidine rings is 1. The molecule has 0 aliphatic carbocycles. The molecule has 1 fully saturated rings. The lowest BCUT2D eigenvalue weighted by Crippen LogP contribution is -2.50. The lowest BCUT2D eigenvalue weighted by atomic mass is 9.89. The molecule has 12 nitrogen and oxygen atoms in total. The molecule has 1 saturated heterocycles. The van der Waals surface area contributed by atoms with E-state index in [-0.39, 0.29) is 66.4 Å². The predicted octanol–water partition coefficient (Wildman–Crippen LogP) is 0.720. The highest BCUT2D eigenvalue weighted by molar-refractivity contribution is 7.89. The molecule has 0 radical (unpaired) electrons. The van der Waals surface area contributed by atoms with Crippen LogP contribution in [0.1, 0.15) is 35.1 Å². The second-order valence-corrected chi connectivity index (χ2v) is 14.0. The summed E-state index contributed by atoms with van der Waals surface area (Å²) in [4.78, 5) is 17.1. The summed E-state index contributed by atoms with van der Waals surface area (Å²) >= 11 is 0. The van der Waals surface area contributed by atoms with E-state index in [1.54, 1.807) is 6.92 Å². The number of nitrogens with zero attached hydrogens (tertiary/aromatic N) is 2. The van der Waals surface area contributed by atoms with Crippen molar-refractivity contribution in [2.24, 2.45) is 10.1 Å². The van der Waals surface area contributed by atoms with Gasteiger partial charge in [-0.05, 0) is 61.1 Å². The molecule has 2 heterocycles. The maximum Gasteiger partial charge on any atom is 0.573 e. The van der Waals surface area contributed by atoms with Gasteiger partial charge in [0.1, 0.15) is 17.1 Å². The quantitative estimate of drug-likeness (QED) is 0.290. The minimum absolute atomic E-state index is 0.0159. The SMILES string of the molecule is Cc1c(CCS(=O)(=O)N2CCC3(CC2)N=C(c2cccc(OC(F)(F)F)c2)NC3=O)ccc(S(N)(=O)=O)c1C[C@@H](O)CO. The summed E-state index contributed by atoms with van der Waals surface area (Å²) in [5.41, 5.74) is 0.0731. The molecular formula is C26H31F3N4O8S2. The molecule has 17 heteroatoms. The van der Waals surface area contributed by atoms with Crippen molar-refractivity contribution in [2.45, 2.75) is 55.5 Å². The van der Waals surface area contributed by atoms with Crippen molar-refractivity contribution in [1.29, 1.82) is 0 Å². The highest BCUT2D eigenvalue weighted by atomic mass is 32.2. The number of nitrogens with one attached hydrogen (secondary N) is 1. The molecule has 0 unspecified atom stereocenters. The summed E-state index contributed by atoms with van der Waals surface area (Å²) < 4.78 is 93.6. The van der Waals surface area contributed by atoms with Gasteiger partial charge in [0.05, 0.1) is 23.4 Å². The molecule has 2 aromatic rings. The van der Waals surface area contributed by atoms with Crippen LogP contribution >= 0.6 is 0 Å². The lowest BCUT2D eigenvalue weighted by Gasteiger charge is -2.34. The molecule has 4 rings (SSSR count). The van der Waals surface area contributed by atoms with Gasteiger partial charge >= 0.3 is 6.36 Å². The third-order valence-corrected chi connectivity index (χ3v) is 10.4. The van der Waals surface area contributed by atoms with E-state index in [1.807, 2.05) is 0 Å². The fourth-order valence-corrected chi connectivity index (χ4v) is 7.52. The van der Waals surface area contributed by atoms with E-state index in [0.29, 0.717) is 11.1 Å². The number of hydrogen-bond donors (Lipinski definition) is 4. The first-order valence-electron chi connectivity index (χ1n) is 13.1. The van der Waals surface area contributed by atoms with Crippen LogP contribution in [0.4, 0.5) is 13.2 Å². The Labute approximate surface area is 246 Å². The predicted molar refractivity (Wildman–Crippen MR) is 148 cm³/mol. The Kier molecular flexibility index (Phi) is 9.25. The molecule has 0 saturated carbocycles. The van der Waals surface area contributed by atoms with E-state index in [0.717, 1.165) is 12.1 Å². The fraction of sp³-hybridized carbons (Fsp3) is 0.462. The van der Waals surface area contributed by atoms with Crippen LogP contribution in [-0.2, 0) is 37.7 Å². The number of carbonyl (C=O) groups is 1. The summed E-state index contributed by atoms with van der Waals surface area (Å²) in [6.07, 6.45) is -6.23. The van der Waals surface area contributed by atoms with Crippen LogP contribution in [0.15, 0.2) is 46.3 Å². The van der Waals surface area contributed by atoms with Crippen LogP contribution in [0.25, 0.3) is 0 Å². The Bertz CT molecular complexity index is 1640. The van der Waals surface area contributed by atoms with Crippen LogP contribution in [0.2, 0.25) is 0 Å². The average molecular weight is 649 g/mol. The Morgan fingerprint density at radius 3 is 2.44 bits per heavy atom. The van der Waals surface area contributed by atoms with E-state index >= 15 is 0 Å². The van der Waals surface area contributed by atoms with Crippen LogP contribution in [0, 0.1) is 6.92 Å². The number of rotatable bonds is 10. The van der Waals surface area contributed by atoms with Gasteiger partial charge in [-0.3, -0.25) is 9.79 Å². The maximum absolute atomic E-state index is 13.2. The number of amidine groups is 1. The van der Waals surface area contributed by atoms with Crippen molar-refractivity contribution < 1.29 is 49.8 Å². The molecule has 1 amide bonds. The molecule has 2 aliphatic heterocycles. The Balaban J connectivity index is 1.46. The molecule has 1 spiro atoms. The third-order valence-electron chi connectivity index (χ3n) is 7.52. The monoisotopic (exact) mass is 648 g/mol. The molecule has 2 aromatic carbocycles. The van der Waals surface area contributed by atoms with Gasteiger partial charge in [0, 0.05) is 25.1 Å². The number of benzene rings is 2. The summed E-state index contributed by atoms with van der Waals surface area (Å²) in [6.45, 7) is 0.920. The van der Waals surface area contributed by atoms with Gasteiger partial charge in [-0.15, -0.1) is 13.2 Å². The average Bonchev–Trinajstić information content (AvgIpc) is 3.22. The smallest absolute Gasteiger partial charge is 0.406 e. The number of carbonyl (C=O) groups excluding carboxylic acids is 1. The van der Waals surface area contributed by atoms with Crippen molar-refractivity contribution in [2.75, 3.05) is 25.4 Å². The summed E-state index contributed by atoms with van der Waals surface area (Å²) in [5.74, 6) is -1.22. The maximum atomic E-state index is 13.2. The normalized spacial score (nSPS) is 18.4. The number of aliphatic imine (C=N–C) groups is 1. The van der Waals surface area contributed by atoms with Crippen LogP contribution in [-0.4, -0.2) is 86.6 Å². The van der Waals surface area contributed by atoms with Gasteiger partial charge in [-0.1, -0.05) is 18.2 Å². The summed E-state index contributed by atoms with van der Waals surface area (Å²) in [7, 11) is -7.98. The number of aliphatic hydroxyl groups is 2. The van der Waals surface area contributed by atoms with Crippen molar-refractivity contribution in [3.8, 4) is 5.75 Å². The number of halogens is 3. The van der Waals surface area contributed by atoms with E-state index in [1.165, 1.54) is 28.6 Å². The van der Waals surface area contributed by atoms with Gasteiger partial charge < -0.3 is 20.3 Å². The Morgan fingerprint density at radius 2 is 1.84 bits per heavy atom. The number of primary sulfonamides is 1.